The van der Waals surface area contributed by atoms with Gasteiger partial charge in [0.25, 0.3) is 0 Å². The molecule has 2 aromatic rings. The zero-order chi connectivity index (χ0) is 9.80. The number of rotatable bonds is 2. The fourth-order valence-electron chi connectivity index (χ4n) is 1.23. The molecule has 0 saturated heterocycles. The smallest absolute Gasteiger partial charge is 0.0381 e. The molecule has 0 amide bonds. The summed E-state index contributed by atoms with van der Waals surface area (Å²) in [4.78, 5) is 2.76. The molecule has 0 aliphatic rings. The molecule has 0 bridgehead atoms. The van der Waals surface area contributed by atoms with Crippen molar-refractivity contribution in [3.05, 3.63) is 51.5 Å². The van der Waals surface area contributed by atoms with Gasteiger partial charge in [-0.2, -0.15) is 11.3 Å². The first-order valence-corrected chi connectivity index (χ1v) is 5.02. The van der Waals surface area contributed by atoms with Gasteiger partial charge in [0.2, 0.25) is 0 Å². The highest BCUT2D eigenvalue weighted by Gasteiger charge is 1.97. The molecule has 2 rings (SSSR count). The minimum Gasteiger partial charge on any atom is -0.152 e. The van der Waals surface area contributed by atoms with Gasteiger partial charge in [-0.1, -0.05) is 23.3 Å². The lowest BCUT2D eigenvalue weighted by Crippen LogP contribution is -1.71. The Morgan fingerprint density at radius 3 is 2.86 bits per heavy atom. The van der Waals surface area contributed by atoms with E-state index in [1.807, 2.05) is 29.6 Å². The van der Waals surface area contributed by atoms with Crippen LogP contribution in [0.5, 0.6) is 0 Å². The highest BCUT2D eigenvalue weighted by molar-refractivity contribution is 7.08. The molecule has 0 unspecified atom stereocenters. The molecule has 4 heteroatoms. The highest BCUT2D eigenvalue weighted by Crippen LogP contribution is 2.25. The van der Waals surface area contributed by atoms with E-state index in [0.29, 0.717) is 5.69 Å². The van der Waals surface area contributed by atoms with Crippen molar-refractivity contribution in [1.82, 2.24) is 0 Å². The summed E-state index contributed by atoms with van der Waals surface area (Å²) in [6.45, 7) is 0. The van der Waals surface area contributed by atoms with Crippen molar-refractivity contribution in [3.63, 3.8) is 0 Å². The second-order valence-corrected chi connectivity index (χ2v) is 3.53. The fraction of sp³-hybridized carbons (Fsp3) is 0. The van der Waals surface area contributed by atoms with E-state index in [4.69, 9.17) is 5.53 Å². The van der Waals surface area contributed by atoms with Gasteiger partial charge in [-0.25, -0.2) is 0 Å². The first-order chi connectivity index (χ1) is 6.90. The van der Waals surface area contributed by atoms with Gasteiger partial charge in [0.05, 0.1) is 0 Å². The molecule has 0 aliphatic heterocycles. The van der Waals surface area contributed by atoms with Gasteiger partial charge >= 0.3 is 0 Å². The number of hydrogen-bond acceptors (Lipinski definition) is 2. The standard InChI is InChI=1S/C10H7N3S/c11-13-12-10-3-1-2-8(6-10)9-4-5-14-7-9/h1-7H. The summed E-state index contributed by atoms with van der Waals surface area (Å²) in [5.41, 5.74) is 11.2. The predicted octanol–water partition coefficient (Wildman–Crippen LogP) is 4.36. The van der Waals surface area contributed by atoms with E-state index in [-0.39, 0.29) is 0 Å². The van der Waals surface area contributed by atoms with Gasteiger partial charge in [-0.15, -0.1) is 0 Å². The topological polar surface area (TPSA) is 48.8 Å². The van der Waals surface area contributed by atoms with Crippen molar-refractivity contribution < 1.29 is 0 Å². The van der Waals surface area contributed by atoms with E-state index in [0.717, 1.165) is 11.1 Å². The van der Waals surface area contributed by atoms with E-state index in [9.17, 15) is 0 Å². The maximum absolute atomic E-state index is 8.30. The van der Waals surface area contributed by atoms with Crippen LogP contribution < -0.4 is 0 Å². The second kappa shape index (κ2) is 3.96. The lowest BCUT2D eigenvalue weighted by atomic mass is 10.1. The van der Waals surface area contributed by atoms with Crippen LogP contribution in [0.4, 0.5) is 5.69 Å². The van der Waals surface area contributed by atoms with Crippen molar-refractivity contribution in [3.8, 4) is 11.1 Å². The molecule has 0 fully saturated rings. The Balaban J connectivity index is 2.45. The van der Waals surface area contributed by atoms with Crippen LogP contribution in [0.3, 0.4) is 0 Å². The van der Waals surface area contributed by atoms with Crippen molar-refractivity contribution in [2.75, 3.05) is 0 Å². The Hall–Kier alpha value is -1.77. The van der Waals surface area contributed by atoms with Crippen LogP contribution in [0, 0.1) is 0 Å². The fourth-order valence-corrected chi connectivity index (χ4v) is 1.89. The van der Waals surface area contributed by atoms with Gasteiger partial charge < -0.3 is 0 Å². The zero-order valence-corrected chi connectivity index (χ0v) is 8.11. The van der Waals surface area contributed by atoms with Gasteiger partial charge in [0, 0.05) is 10.6 Å². The Bertz CT molecular complexity index is 470. The minimum absolute atomic E-state index is 0.649. The lowest BCUT2D eigenvalue weighted by molar-refractivity contribution is 1.48. The molecule has 0 spiro atoms. The van der Waals surface area contributed by atoms with E-state index in [2.05, 4.69) is 15.4 Å². The molecule has 0 atom stereocenters. The maximum atomic E-state index is 8.30. The Morgan fingerprint density at radius 1 is 1.21 bits per heavy atom. The monoisotopic (exact) mass is 201 g/mol. The van der Waals surface area contributed by atoms with Crippen LogP contribution in [0.2, 0.25) is 0 Å². The molecule has 68 valence electrons. The van der Waals surface area contributed by atoms with Gasteiger partial charge in [-0.3, -0.25) is 0 Å². The van der Waals surface area contributed by atoms with E-state index in [1.54, 1.807) is 17.4 Å². The number of nitrogens with zero attached hydrogens (tertiary/aromatic N) is 3. The predicted molar refractivity (Wildman–Crippen MR) is 58.6 cm³/mol. The van der Waals surface area contributed by atoms with E-state index >= 15 is 0 Å². The maximum Gasteiger partial charge on any atom is 0.0381 e. The molecule has 0 saturated carbocycles. The summed E-state index contributed by atoms with van der Waals surface area (Å²) in [7, 11) is 0. The second-order valence-electron chi connectivity index (χ2n) is 2.75. The number of benzene rings is 1. The third-order valence-electron chi connectivity index (χ3n) is 1.86. The molecule has 0 aliphatic carbocycles. The van der Waals surface area contributed by atoms with Crippen LogP contribution in [-0.4, -0.2) is 0 Å². The van der Waals surface area contributed by atoms with Crippen LogP contribution >= 0.6 is 11.3 Å². The largest absolute Gasteiger partial charge is 0.152 e. The third-order valence-corrected chi connectivity index (χ3v) is 2.54. The van der Waals surface area contributed by atoms with E-state index < -0.39 is 0 Å². The Labute approximate surface area is 85.3 Å². The molecular formula is C10H7N3S. The third kappa shape index (κ3) is 1.76. The van der Waals surface area contributed by atoms with Gasteiger partial charge in [0.1, 0.15) is 0 Å². The first kappa shape index (κ1) is 8.81. The number of thiophene rings is 1. The van der Waals surface area contributed by atoms with Crippen molar-refractivity contribution in [1.29, 1.82) is 0 Å². The summed E-state index contributed by atoms with van der Waals surface area (Å²) in [5.74, 6) is 0. The number of hydrogen-bond donors (Lipinski definition) is 0. The lowest BCUT2D eigenvalue weighted by Gasteiger charge is -1.97. The number of azide groups is 1. The van der Waals surface area contributed by atoms with Crippen LogP contribution in [0.25, 0.3) is 21.6 Å². The quantitative estimate of drug-likeness (QED) is 0.394. The Kier molecular flexibility index (Phi) is 2.49. The van der Waals surface area contributed by atoms with Crippen molar-refractivity contribution in [2.45, 2.75) is 0 Å². The molecular weight excluding hydrogens is 194 g/mol. The highest BCUT2D eigenvalue weighted by atomic mass is 32.1. The van der Waals surface area contributed by atoms with Crippen LogP contribution in [0.1, 0.15) is 0 Å². The summed E-state index contributed by atoms with van der Waals surface area (Å²) < 4.78 is 0. The van der Waals surface area contributed by atoms with Crippen LogP contribution in [-0.2, 0) is 0 Å². The molecule has 1 aromatic heterocycles. The average molecular weight is 201 g/mol. The molecule has 0 N–H and O–H groups in total. The average Bonchev–Trinajstić information content (AvgIpc) is 2.71. The van der Waals surface area contributed by atoms with Crippen LogP contribution in [0.15, 0.2) is 46.2 Å². The summed E-state index contributed by atoms with van der Waals surface area (Å²) >= 11 is 1.65. The first-order valence-electron chi connectivity index (χ1n) is 4.08. The molecule has 1 heterocycles. The minimum atomic E-state index is 0.649. The Morgan fingerprint density at radius 2 is 2.14 bits per heavy atom. The molecule has 1 aromatic carbocycles. The summed E-state index contributed by atoms with van der Waals surface area (Å²) in [6.07, 6.45) is 0. The SMILES string of the molecule is [N-]=[N+]=Nc1cccc(-c2ccsc2)c1. The van der Waals surface area contributed by atoms with Gasteiger partial charge in [0.15, 0.2) is 0 Å². The molecule has 14 heavy (non-hydrogen) atoms. The normalized spacial score (nSPS) is 9.43. The summed E-state index contributed by atoms with van der Waals surface area (Å²) in [5, 5.41) is 7.65. The molecule has 0 radical (unpaired) electrons. The van der Waals surface area contributed by atoms with Crippen molar-refractivity contribution >= 4 is 17.0 Å². The van der Waals surface area contributed by atoms with Gasteiger partial charge in [-0.05, 0) is 39.6 Å². The van der Waals surface area contributed by atoms with Crippen molar-refractivity contribution in [2.24, 2.45) is 5.11 Å². The van der Waals surface area contributed by atoms with E-state index in [1.165, 1.54) is 0 Å². The zero-order valence-electron chi connectivity index (χ0n) is 7.29. The molecule has 3 nitrogen and oxygen atoms in total. The summed E-state index contributed by atoms with van der Waals surface area (Å²) in [6, 6.07) is 9.59.